The normalized spacial score (nSPS) is 12.2. The highest BCUT2D eigenvalue weighted by molar-refractivity contribution is 5.73. The van der Waals surface area contributed by atoms with Crippen LogP contribution in [0.25, 0.3) is 0 Å². The van der Waals surface area contributed by atoms with E-state index in [2.05, 4.69) is 30.4 Å². The monoisotopic (exact) mass is 191 g/mol. The van der Waals surface area contributed by atoms with Crippen molar-refractivity contribution < 1.29 is 4.79 Å². The lowest BCUT2D eigenvalue weighted by Crippen LogP contribution is -2.31. The van der Waals surface area contributed by atoms with Gasteiger partial charge in [0, 0.05) is 13.0 Å². The lowest BCUT2D eigenvalue weighted by atomic mass is 10.1. The Morgan fingerprint density at radius 1 is 1.50 bits per heavy atom. The molecular weight excluding hydrogens is 174 g/mol. The van der Waals surface area contributed by atoms with E-state index in [0.29, 0.717) is 0 Å². The first kappa shape index (κ1) is 10.8. The minimum atomic E-state index is 0.0325. The number of hydrogen-bond acceptors (Lipinski definition) is 1. The van der Waals surface area contributed by atoms with Crippen molar-refractivity contribution in [1.29, 1.82) is 0 Å². The van der Waals surface area contributed by atoms with Crippen LogP contribution in [0.2, 0.25) is 0 Å². The van der Waals surface area contributed by atoms with Crippen LogP contribution in [0.1, 0.15) is 25.0 Å². The minimum Gasteiger partial charge on any atom is -0.354 e. The lowest BCUT2D eigenvalue weighted by Gasteiger charge is -2.12. The molecule has 0 unspecified atom stereocenters. The smallest absolute Gasteiger partial charge is 0.217 e. The number of amides is 1. The van der Waals surface area contributed by atoms with Gasteiger partial charge >= 0.3 is 0 Å². The Morgan fingerprint density at radius 2 is 2.21 bits per heavy atom. The molecule has 0 saturated carbocycles. The van der Waals surface area contributed by atoms with Crippen LogP contribution in [0.5, 0.6) is 0 Å². The molecule has 76 valence electrons. The van der Waals surface area contributed by atoms with Gasteiger partial charge in [0.05, 0.1) is 0 Å². The predicted octanol–water partition coefficient (Wildman–Crippen LogP) is 2.06. The van der Waals surface area contributed by atoms with E-state index in [-0.39, 0.29) is 11.9 Å². The maximum Gasteiger partial charge on any atom is 0.217 e. The average molecular weight is 191 g/mol. The summed E-state index contributed by atoms with van der Waals surface area (Å²) in [6.07, 6.45) is 0.890. The summed E-state index contributed by atoms with van der Waals surface area (Å²) in [5.41, 5.74) is 2.53. The maximum absolute atomic E-state index is 10.8. The van der Waals surface area contributed by atoms with Crippen molar-refractivity contribution in [1.82, 2.24) is 5.32 Å². The van der Waals surface area contributed by atoms with Crippen molar-refractivity contribution in [3.05, 3.63) is 35.4 Å². The van der Waals surface area contributed by atoms with Crippen LogP contribution < -0.4 is 5.32 Å². The zero-order valence-electron chi connectivity index (χ0n) is 9.00. The zero-order valence-corrected chi connectivity index (χ0v) is 9.00. The van der Waals surface area contributed by atoms with E-state index in [0.717, 1.165) is 6.42 Å². The van der Waals surface area contributed by atoms with Crippen molar-refractivity contribution >= 4 is 5.91 Å². The molecule has 0 saturated heterocycles. The SMILES string of the molecule is CC(=O)N[C@@H](C)Cc1cccc(C)c1. The summed E-state index contributed by atoms with van der Waals surface area (Å²) in [6, 6.07) is 8.57. The molecule has 1 aromatic rings. The van der Waals surface area contributed by atoms with E-state index in [1.165, 1.54) is 11.1 Å². The van der Waals surface area contributed by atoms with Crippen LogP contribution in [0.15, 0.2) is 24.3 Å². The highest BCUT2D eigenvalue weighted by atomic mass is 16.1. The van der Waals surface area contributed by atoms with Crippen molar-refractivity contribution in [3.63, 3.8) is 0 Å². The average Bonchev–Trinajstić information content (AvgIpc) is 2.01. The molecule has 0 radical (unpaired) electrons. The summed E-state index contributed by atoms with van der Waals surface area (Å²) in [4.78, 5) is 10.8. The van der Waals surface area contributed by atoms with Crippen LogP contribution >= 0.6 is 0 Å². The van der Waals surface area contributed by atoms with Gasteiger partial charge in [-0.15, -0.1) is 0 Å². The summed E-state index contributed by atoms with van der Waals surface area (Å²) in [6.45, 7) is 5.64. The Hall–Kier alpha value is -1.31. The molecule has 1 atom stereocenters. The van der Waals surface area contributed by atoms with Gasteiger partial charge in [0.15, 0.2) is 0 Å². The fourth-order valence-corrected chi connectivity index (χ4v) is 1.59. The summed E-state index contributed by atoms with van der Waals surface area (Å²) in [5, 5.41) is 2.87. The number of carbonyl (C=O) groups is 1. The highest BCUT2D eigenvalue weighted by Crippen LogP contribution is 2.06. The molecule has 0 aliphatic carbocycles. The Balaban J connectivity index is 2.55. The van der Waals surface area contributed by atoms with Crippen LogP contribution in [-0.4, -0.2) is 11.9 Å². The molecule has 0 heterocycles. The van der Waals surface area contributed by atoms with Crippen LogP contribution in [0, 0.1) is 6.92 Å². The number of benzene rings is 1. The Kier molecular flexibility index (Phi) is 3.69. The molecule has 0 fully saturated rings. The van der Waals surface area contributed by atoms with Crippen molar-refractivity contribution in [3.8, 4) is 0 Å². The van der Waals surface area contributed by atoms with E-state index >= 15 is 0 Å². The molecular formula is C12H17NO. The van der Waals surface area contributed by atoms with Gasteiger partial charge in [-0.2, -0.15) is 0 Å². The van der Waals surface area contributed by atoms with Gasteiger partial charge < -0.3 is 5.32 Å². The van der Waals surface area contributed by atoms with Crippen molar-refractivity contribution in [2.75, 3.05) is 0 Å². The molecule has 0 bridgehead atoms. The number of carbonyl (C=O) groups excluding carboxylic acids is 1. The second kappa shape index (κ2) is 4.80. The predicted molar refractivity (Wildman–Crippen MR) is 58.2 cm³/mol. The van der Waals surface area contributed by atoms with Crippen molar-refractivity contribution in [2.45, 2.75) is 33.2 Å². The Bertz CT molecular complexity index is 320. The summed E-state index contributed by atoms with van der Waals surface area (Å²) in [5.74, 6) is 0.0325. The molecule has 0 aliphatic rings. The summed E-state index contributed by atoms with van der Waals surface area (Å²) in [7, 11) is 0. The molecule has 0 aromatic heterocycles. The molecule has 1 rings (SSSR count). The van der Waals surface area contributed by atoms with Gasteiger partial charge in [0.25, 0.3) is 0 Å². The van der Waals surface area contributed by atoms with Crippen LogP contribution in [-0.2, 0) is 11.2 Å². The summed E-state index contributed by atoms with van der Waals surface area (Å²) >= 11 is 0. The first-order chi connectivity index (χ1) is 6.58. The standard InChI is InChI=1S/C12H17NO/c1-9-5-4-6-12(7-9)8-10(2)13-11(3)14/h4-7,10H,8H2,1-3H3,(H,13,14)/t10-/m0/s1. The molecule has 2 heteroatoms. The second-order valence-corrected chi connectivity index (χ2v) is 3.79. The zero-order chi connectivity index (χ0) is 10.6. The molecule has 1 amide bonds. The third-order valence-corrected chi connectivity index (χ3v) is 2.07. The fourth-order valence-electron chi connectivity index (χ4n) is 1.59. The lowest BCUT2D eigenvalue weighted by molar-refractivity contribution is -0.119. The quantitative estimate of drug-likeness (QED) is 0.778. The first-order valence-corrected chi connectivity index (χ1v) is 4.90. The molecule has 14 heavy (non-hydrogen) atoms. The Labute approximate surface area is 85.3 Å². The molecule has 1 aromatic carbocycles. The fraction of sp³-hybridized carbons (Fsp3) is 0.417. The molecule has 0 spiro atoms. The van der Waals surface area contributed by atoms with E-state index in [4.69, 9.17) is 0 Å². The van der Waals surface area contributed by atoms with Gasteiger partial charge in [0.1, 0.15) is 0 Å². The van der Waals surface area contributed by atoms with Gasteiger partial charge in [-0.1, -0.05) is 29.8 Å². The Morgan fingerprint density at radius 3 is 2.79 bits per heavy atom. The third kappa shape index (κ3) is 3.60. The number of rotatable bonds is 3. The molecule has 0 aliphatic heterocycles. The van der Waals surface area contributed by atoms with Gasteiger partial charge in [0.2, 0.25) is 5.91 Å². The van der Waals surface area contributed by atoms with E-state index in [1.807, 2.05) is 13.0 Å². The third-order valence-electron chi connectivity index (χ3n) is 2.07. The first-order valence-electron chi connectivity index (χ1n) is 4.90. The highest BCUT2D eigenvalue weighted by Gasteiger charge is 2.04. The van der Waals surface area contributed by atoms with Gasteiger partial charge in [-0.25, -0.2) is 0 Å². The molecule has 2 nitrogen and oxygen atoms in total. The topological polar surface area (TPSA) is 29.1 Å². The maximum atomic E-state index is 10.8. The van der Waals surface area contributed by atoms with Crippen molar-refractivity contribution in [2.24, 2.45) is 0 Å². The minimum absolute atomic E-state index is 0.0325. The van der Waals surface area contributed by atoms with Gasteiger partial charge in [-0.05, 0) is 25.8 Å². The van der Waals surface area contributed by atoms with E-state index in [1.54, 1.807) is 6.92 Å². The van der Waals surface area contributed by atoms with Crippen LogP contribution in [0.3, 0.4) is 0 Å². The van der Waals surface area contributed by atoms with Gasteiger partial charge in [-0.3, -0.25) is 4.79 Å². The number of aryl methyl sites for hydroxylation is 1. The number of nitrogens with one attached hydrogen (secondary N) is 1. The van der Waals surface area contributed by atoms with Crippen LogP contribution in [0.4, 0.5) is 0 Å². The van der Waals surface area contributed by atoms with E-state index < -0.39 is 0 Å². The largest absolute Gasteiger partial charge is 0.354 e. The molecule has 1 N–H and O–H groups in total. The van der Waals surface area contributed by atoms with E-state index in [9.17, 15) is 4.79 Å². The number of hydrogen-bond donors (Lipinski definition) is 1. The second-order valence-electron chi connectivity index (χ2n) is 3.79. The summed E-state index contributed by atoms with van der Waals surface area (Å²) < 4.78 is 0.